The van der Waals surface area contributed by atoms with E-state index in [2.05, 4.69) is 4.74 Å². The van der Waals surface area contributed by atoms with Gasteiger partial charge in [0.2, 0.25) is 0 Å². The Morgan fingerprint density at radius 3 is 2.64 bits per heavy atom. The van der Waals surface area contributed by atoms with Crippen molar-refractivity contribution < 1.29 is 14.6 Å². The molecule has 11 heavy (non-hydrogen) atoms. The minimum Gasteiger partial charge on any atom is -0.466 e. The number of rotatable bonds is 4. The summed E-state index contributed by atoms with van der Waals surface area (Å²) in [4.78, 5) is 10.6. The van der Waals surface area contributed by atoms with Crippen LogP contribution in [0, 0.1) is 0 Å². The summed E-state index contributed by atoms with van der Waals surface area (Å²) in [6, 6.07) is 0. The van der Waals surface area contributed by atoms with Crippen LogP contribution in [-0.2, 0) is 9.53 Å². The molecule has 0 saturated carbocycles. The van der Waals surface area contributed by atoms with Crippen molar-refractivity contribution in [2.24, 2.45) is 5.73 Å². The van der Waals surface area contributed by atoms with Gasteiger partial charge in [-0.1, -0.05) is 0 Å². The maximum atomic E-state index is 10.6. The van der Waals surface area contributed by atoms with E-state index < -0.39 is 12.1 Å². The zero-order valence-corrected chi connectivity index (χ0v) is 7.26. The van der Waals surface area contributed by atoms with E-state index in [1.807, 2.05) is 0 Å². The van der Waals surface area contributed by atoms with Gasteiger partial charge in [-0.25, -0.2) is 0 Å². The largest absolute Gasteiger partial charge is 0.466 e. The fourth-order valence-electron chi connectivity index (χ4n) is 0.496. The topological polar surface area (TPSA) is 72.5 Å². The van der Waals surface area contributed by atoms with Crippen molar-refractivity contribution >= 4 is 18.4 Å². The highest BCUT2D eigenvalue weighted by Gasteiger charge is 2.08. The van der Waals surface area contributed by atoms with E-state index in [0.717, 1.165) is 0 Å². The summed E-state index contributed by atoms with van der Waals surface area (Å²) in [5.41, 5.74) is 5.06. The number of esters is 1. The lowest BCUT2D eigenvalue weighted by atomic mass is 10.2. The minimum atomic E-state index is -0.765. The first kappa shape index (κ1) is 13.3. The summed E-state index contributed by atoms with van der Waals surface area (Å²) >= 11 is 0. The molecule has 0 aliphatic rings. The first-order valence-corrected chi connectivity index (χ1v) is 3.24. The van der Waals surface area contributed by atoms with Crippen LogP contribution in [0.15, 0.2) is 0 Å². The Morgan fingerprint density at radius 2 is 2.27 bits per heavy atom. The van der Waals surface area contributed by atoms with Crippen molar-refractivity contribution in [3.8, 4) is 0 Å². The van der Waals surface area contributed by atoms with Crippen molar-refractivity contribution in [3.63, 3.8) is 0 Å². The van der Waals surface area contributed by atoms with Gasteiger partial charge in [0.25, 0.3) is 0 Å². The Morgan fingerprint density at radius 1 is 1.73 bits per heavy atom. The number of aliphatic hydroxyl groups excluding tert-OH is 1. The third-order valence-electron chi connectivity index (χ3n) is 0.980. The van der Waals surface area contributed by atoms with Crippen LogP contribution in [0.25, 0.3) is 0 Å². The number of aliphatic hydroxyl groups is 1. The van der Waals surface area contributed by atoms with Crippen molar-refractivity contribution in [2.75, 3.05) is 13.2 Å². The second-order valence-electron chi connectivity index (χ2n) is 1.90. The lowest BCUT2D eigenvalue weighted by Crippen LogP contribution is -2.23. The number of hydrogen-bond acceptors (Lipinski definition) is 4. The molecule has 1 unspecified atom stereocenters. The fraction of sp³-hybridized carbons (Fsp3) is 0.833. The zero-order valence-electron chi connectivity index (χ0n) is 6.45. The lowest BCUT2D eigenvalue weighted by molar-refractivity contribution is -0.145. The van der Waals surface area contributed by atoms with Gasteiger partial charge < -0.3 is 15.6 Å². The van der Waals surface area contributed by atoms with Crippen LogP contribution < -0.4 is 5.73 Å². The van der Waals surface area contributed by atoms with Gasteiger partial charge >= 0.3 is 5.97 Å². The van der Waals surface area contributed by atoms with Gasteiger partial charge in [-0.3, -0.25) is 4.79 Å². The number of carbonyl (C=O) groups excluding carboxylic acids is 1. The predicted molar refractivity (Wildman–Crippen MR) is 43.6 cm³/mol. The molecule has 0 aliphatic heterocycles. The second kappa shape index (κ2) is 7.78. The fourth-order valence-corrected chi connectivity index (χ4v) is 0.496. The SMILES string of the molecule is CCOC(=O)CC(O)CN.Cl. The number of hydrogen-bond donors (Lipinski definition) is 2. The molecule has 0 amide bonds. The van der Waals surface area contributed by atoms with Crippen molar-refractivity contribution in [3.05, 3.63) is 0 Å². The molecular weight excluding hydrogens is 170 g/mol. The smallest absolute Gasteiger partial charge is 0.308 e. The van der Waals surface area contributed by atoms with Gasteiger partial charge in [-0.05, 0) is 6.92 Å². The van der Waals surface area contributed by atoms with E-state index in [1.54, 1.807) is 6.92 Å². The third-order valence-corrected chi connectivity index (χ3v) is 0.980. The average molecular weight is 184 g/mol. The van der Waals surface area contributed by atoms with Crippen LogP contribution >= 0.6 is 12.4 Å². The van der Waals surface area contributed by atoms with Crippen LogP contribution in [0.2, 0.25) is 0 Å². The standard InChI is InChI=1S/C6H13NO3.ClH/c1-2-10-6(9)3-5(8)4-7;/h5,8H,2-4,7H2,1H3;1H. The molecule has 3 N–H and O–H groups in total. The highest BCUT2D eigenvalue weighted by Crippen LogP contribution is 1.91. The van der Waals surface area contributed by atoms with Gasteiger partial charge in [0.05, 0.1) is 19.1 Å². The summed E-state index contributed by atoms with van der Waals surface area (Å²) in [6.07, 6.45) is -0.774. The van der Waals surface area contributed by atoms with Crippen LogP contribution in [0.1, 0.15) is 13.3 Å². The first-order valence-electron chi connectivity index (χ1n) is 3.24. The van der Waals surface area contributed by atoms with E-state index in [-0.39, 0.29) is 25.4 Å². The van der Waals surface area contributed by atoms with Crippen LogP contribution in [0.4, 0.5) is 0 Å². The molecule has 0 aliphatic carbocycles. The molecular formula is C6H14ClNO3. The molecule has 1 atom stereocenters. The molecule has 0 radical (unpaired) electrons. The third kappa shape index (κ3) is 7.58. The highest BCUT2D eigenvalue weighted by atomic mass is 35.5. The minimum absolute atomic E-state index is 0. The first-order chi connectivity index (χ1) is 4.70. The van der Waals surface area contributed by atoms with Crippen LogP contribution in [0.3, 0.4) is 0 Å². The van der Waals surface area contributed by atoms with Gasteiger partial charge in [0, 0.05) is 6.54 Å². The van der Waals surface area contributed by atoms with Gasteiger partial charge in [-0.2, -0.15) is 0 Å². The normalized spacial score (nSPS) is 11.5. The number of carbonyl (C=O) groups is 1. The molecule has 5 heteroatoms. The maximum absolute atomic E-state index is 10.6. The summed E-state index contributed by atoms with van der Waals surface area (Å²) < 4.78 is 4.56. The summed E-state index contributed by atoms with van der Waals surface area (Å²) in [6.45, 7) is 2.15. The van der Waals surface area contributed by atoms with Gasteiger partial charge in [0.1, 0.15) is 0 Å². The van der Waals surface area contributed by atoms with E-state index in [0.29, 0.717) is 6.61 Å². The molecule has 0 spiro atoms. The Bertz CT molecular complexity index is 110. The van der Waals surface area contributed by atoms with Crippen molar-refractivity contribution in [2.45, 2.75) is 19.4 Å². The summed E-state index contributed by atoms with van der Waals surface area (Å²) in [5, 5.41) is 8.83. The number of nitrogens with two attached hydrogens (primary N) is 1. The monoisotopic (exact) mass is 183 g/mol. The molecule has 0 aromatic heterocycles. The Kier molecular flexibility index (Phi) is 9.40. The zero-order chi connectivity index (χ0) is 7.98. The van der Waals surface area contributed by atoms with Crippen molar-refractivity contribution in [1.29, 1.82) is 0 Å². The molecule has 0 rings (SSSR count). The van der Waals surface area contributed by atoms with Crippen LogP contribution in [0.5, 0.6) is 0 Å². The second-order valence-corrected chi connectivity index (χ2v) is 1.90. The molecule has 0 heterocycles. The molecule has 0 fully saturated rings. The lowest BCUT2D eigenvalue weighted by Gasteiger charge is -2.05. The van der Waals surface area contributed by atoms with Crippen molar-refractivity contribution in [1.82, 2.24) is 0 Å². The molecule has 0 bridgehead atoms. The van der Waals surface area contributed by atoms with E-state index in [4.69, 9.17) is 10.8 Å². The van der Waals surface area contributed by atoms with Crippen LogP contribution in [-0.4, -0.2) is 30.3 Å². The molecule has 68 valence electrons. The quantitative estimate of drug-likeness (QED) is 0.586. The molecule has 4 nitrogen and oxygen atoms in total. The average Bonchev–Trinajstić information content (AvgIpc) is 1.88. The van der Waals surface area contributed by atoms with Gasteiger partial charge in [-0.15, -0.1) is 12.4 Å². The maximum Gasteiger partial charge on any atom is 0.308 e. The molecule has 0 aromatic carbocycles. The summed E-state index contributed by atoms with van der Waals surface area (Å²) in [7, 11) is 0. The Balaban J connectivity index is 0. The number of halogens is 1. The predicted octanol–water partition coefficient (Wildman–Crippen LogP) is -0.319. The highest BCUT2D eigenvalue weighted by molar-refractivity contribution is 5.85. The Hall–Kier alpha value is -0.320. The summed E-state index contributed by atoms with van der Waals surface area (Å²) in [5.74, 6) is -0.402. The molecule has 0 saturated heterocycles. The van der Waals surface area contributed by atoms with Gasteiger partial charge in [0.15, 0.2) is 0 Å². The molecule has 0 aromatic rings. The van der Waals surface area contributed by atoms with E-state index in [9.17, 15) is 4.79 Å². The number of ether oxygens (including phenoxy) is 1. The van der Waals surface area contributed by atoms with E-state index >= 15 is 0 Å². The van der Waals surface area contributed by atoms with E-state index in [1.165, 1.54) is 0 Å². The Labute approximate surface area is 72.1 Å².